The average molecular weight is 349 g/mol. The summed E-state index contributed by atoms with van der Waals surface area (Å²) >= 11 is 3.65. The first-order chi connectivity index (χ1) is 9.43. The Morgan fingerprint density at radius 3 is 2.40 bits per heavy atom. The van der Waals surface area contributed by atoms with Crippen molar-refractivity contribution in [2.75, 3.05) is 0 Å². The minimum absolute atomic E-state index is 0.0318. The highest BCUT2D eigenvalue weighted by Gasteiger charge is 2.56. The maximum absolute atomic E-state index is 13.0. The van der Waals surface area contributed by atoms with Gasteiger partial charge in [-0.15, -0.1) is 0 Å². The normalized spacial score (nSPS) is 28.4. The molecule has 2 aliphatic rings. The van der Waals surface area contributed by atoms with Gasteiger partial charge in [0.1, 0.15) is 11.9 Å². The molecule has 0 radical (unpaired) electrons. The number of hydrogen-bond acceptors (Lipinski definition) is 1. The van der Waals surface area contributed by atoms with Crippen LogP contribution < -0.4 is 4.74 Å². The van der Waals surface area contributed by atoms with Gasteiger partial charge in [-0.1, -0.05) is 40.9 Å². The lowest BCUT2D eigenvalue weighted by Crippen LogP contribution is -2.55. The second kappa shape index (κ2) is 4.93. The van der Waals surface area contributed by atoms with E-state index in [0.717, 1.165) is 38.2 Å². The molecule has 5 heteroatoms. The lowest BCUT2D eigenvalue weighted by Gasteiger charge is -2.51. The monoisotopic (exact) mass is 348 g/mol. The topological polar surface area (TPSA) is 9.23 Å². The fourth-order valence-electron chi connectivity index (χ4n) is 3.49. The van der Waals surface area contributed by atoms with Gasteiger partial charge in [-0.3, -0.25) is 0 Å². The fraction of sp³-hybridized carbons (Fsp3) is 0.600. The van der Waals surface area contributed by atoms with Crippen LogP contribution >= 0.6 is 15.9 Å². The van der Waals surface area contributed by atoms with Gasteiger partial charge in [0.2, 0.25) is 0 Å². The molecular formula is C15H16BrF3O. The first-order valence-corrected chi connectivity index (χ1v) is 7.82. The van der Waals surface area contributed by atoms with Gasteiger partial charge in [-0.2, -0.15) is 13.2 Å². The predicted molar refractivity (Wildman–Crippen MR) is 74.1 cm³/mol. The van der Waals surface area contributed by atoms with Crippen LogP contribution in [0.2, 0.25) is 0 Å². The summed E-state index contributed by atoms with van der Waals surface area (Å²) in [5.74, 6) is -0.0318. The molecule has 0 amide bonds. The summed E-state index contributed by atoms with van der Waals surface area (Å²) in [6, 6.07) is 5.50. The summed E-state index contributed by atoms with van der Waals surface area (Å²) in [7, 11) is 0. The molecule has 20 heavy (non-hydrogen) atoms. The van der Waals surface area contributed by atoms with Crippen LogP contribution in [0.5, 0.6) is 5.75 Å². The van der Waals surface area contributed by atoms with Crippen molar-refractivity contribution in [3.05, 3.63) is 29.8 Å². The third-order valence-electron chi connectivity index (χ3n) is 4.68. The molecule has 2 aliphatic carbocycles. The van der Waals surface area contributed by atoms with E-state index in [1.807, 2.05) is 0 Å². The molecule has 0 aliphatic heterocycles. The predicted octanol–water partition coefficient (Wildman–Crippen LogP) is 5.18. The summed E-state index contributed by atoms with van der Waals surface area (Å²) in [5, 5.41) is 0. The third kappa shape index (κ3) is 2.24. The summed E-state index contributed by atoms with van der Waals surface area (Å²) in [6.07, 6.45) is 0.691. The van der Waals surface area contributed by atoms with Gasteiger partial charge in [-0.05, 0) is 31.4 Å². The average Bonchev–Trinajstić information content (AvgIpc) is 2.90. The summed E-state index contributed by atoms with van der Waals surface area (Å²) < 4.78 is 44.7. The van der Waals surface area contributed by atoms with E-state index in [1.54, 1.807) is 6.07 Å². The number of para-hydroxylation sites is 1. The van der Waals surface area contributed by atoms with Crippen molar-refractivity contribution in [3.63, 3.8) is 0 Å². The fourth-order valence-corrected chi connectivity index (χ4v) is 4.58. The van der Waals surface area contributed by atoms with Crippen LogP contribution in [0, 0.1) is 5.41 Å². The molecule has 1 nitrogen and oxygen atoms in total. The highest BCUT2D eigenvalue weighted by molar-refractivity contribution is 9.09. The van der Waals surface area contributed by atoms with E-state index in [9.17, 15) is 13.2 Å². The summed E-state index contributed by atoms with van der Waals surface area (Å²) in [6.45, 7) is 0. The first-order valence-electron chi connectivity index (χ1n) is 6.90. The zero-order valence-electron chi connectivity index (χ0n) is 10.9. The Balaban J connectivity index is 1.83. The minimum atomic E-state index is -4.36. The van der Waals surface area contributed by atoms with Gasteiger partial charge in [0, 0.05) is 10.2 Å². The van der Waals surface area contributed by atoms with Crippen LogP contribution in [0.15, 0.2) is 24.3 Å². The van der Waals surface area contributed by atoms with Crippen molar-refractivity contribution in [2.24, 2.45) is 5.41 Å². The molecule has 0 N–H and O–H groups in total. The molecule has 1 aromatic carbocycles. The van der Waals surface area contributed by atoms with Crippen molar-refractivity contribution in [2.45, 2.75) is 49.2 Å². The molecule has 0 aromatic heterocycles. The van der Waals surface area contributed by atoms with Gasteiger partial charge < -0.3 is 4.74 Å². The van der Waals surface area contributed by atoms with E-state index < -0.39 is 11.7 Å². The number of hydrogen-bond donors (Lipinski definition) is 0. The zero-order valence-corrected chi connectivity index (χ0v) is 12.5. The molecular weight excluding hydrogens is 333 g/mol. The molecule has 0 bridgehead atoms. The third-order valence-corrected chi connectivity index (χ3v) is 5.97. The van der Waals surface area contributed by atoms with E-state index in [-0.39, 0.29) is 17.3 Å². The van der Waals surface area contributed by atoms with Crippen LogP contribution in [0.25, 0.3) is 0 Å². The number of rotatable bonds is 2. The molecule has 2 atom stereocenters. The number of benzene rings is 1. The maximum atomic E-state index is 13.0. The molecule has 0 saturated heterocycles. The largest absolute Gasteiger partial charge is 0.489 e. The van der Waals surface area contributed by atoms with Crippen LogP contribution in [0.4, 0.5) is 13.2 Å². The number of ether oxygens (including phenoxy) is 1. The molecule has 110 valence electrons. The van der Waals surface area contributed by atoms with Crippen molar-refractivity contribution in [1.82, 2.24) is 0 Å². The van der Waals surface area contributed by atoms with Crippen LogP contribution in [0.3, 0.4) is 0 Å². The Morgan fingerprint density at radius 1 is 1.15 bits per heavy atom. The van der Waals surface area contributed by atoms with E-state index >= 15 is 0 Å². The Kier molecular flexibility index (Phi) is 3.51. The van der Waals surface area contributed by atoms with Gasteiger partial charge in [0.15, 0.2) is 0 Å². The zero-order chi connectivity index (χ0) is 14.4. The standard InChI is InChI=1S/C15H16BrF3O/c16-12-9-13(14(12)7-3-4-8-14)20-11-6-2-1-5-10(11)15(17,18)19/h1-2,5-6,12-13H,3-4,7-9H2. The molecule has 0 heterocycles. The van der Waals surface area contributed by atoms with E-state index in [0.29, 0.717) is 4.83 Å². The summed E-state index contributed by atoms with van der Waals surface area (Å²) in [5.41, 5.74) is -0.634. The number of alkyl halides is 4. The van der Waals surface area contributed by atoms with Crippen LogP contribution in [-0.2, 0) is 6.18 Å². The second-order valence-electron chi connectivity index (χ2n) is 5.74. The Morgan fingerprint density at radius 2 is 1.80 bits per heavy atom. The lowest BCUT2D eigenvalue weighted by molar-refractivity contribution is -0.140. The maximum Gasteiger partial charge on any atom is 0.419 e. The smallest absolute Gasteiger partial charge is 0.419 e. The van der Waals surface area contributed by atoms with Crippen LogP contribution in [0.1, 0.15) is 37.7 Å². The highest BCUT2D eigenvalue weighted by atomic mass is 79.9. The molecule has 1 spiro atoms. The van der Waals surface area contributed by atoms with Crippen molar-refractivity contribution in [3.8, 4) is 5.75 Å². The van der Waals surface area contributed by atoms with Gasteiger partial charge in [0.05, 0.1) is 5.56 Å². The van der Waals surface area contributed by atoms with Gasteiger partial charge >= 0.3 is 6.18 Å². The van der Waals surface area contributed by atoms with E-state index in [2.05, 4.69) is 15.9 Å². The van der Waals surface area contributed by atoms with Crippen molar-refractivity contribution < 1.29 is 17.9 Å². The Bertz CT molecular complexity index is 494. The Hall–Kier alpha value is -0.710. The van der Waals surface area contributed by atoms with Crippen molar-refractivity contribution >= 4 is 15.9 Å². The second-order valence-corrected chi connectivity index (χ2v) is 6.85. The quantitative estimate of drug-likeness (QED) is 0.669. The minimum Gasteiger partial charge on any atom is -0.489 e. The first kappa shape index (κ1) is 14.2. The SMILES string of the molecule is FC(F)(F)c1ccccc1OC1CC(Br)C12CCCC2. The molecule has 2 saturated carbocycles. The van der Waals surface area contributed by atoms with Crippen molar-refractivity contribution in [1.29, 1.82) is 0 Å². The molecule has 3 rings (SSSR count). The van der Waals surface area contributed by atoms with E-state index in [4.69, 9.17) is 4.74 Å². The molecule has 1 aromatic rings. The molecule has 2 fully saturated rings. The molecule has 2 unspecified atom stereocenters. The lowest BCUT2D eigenvalue weighted by atomic mass is 9.64. The van der Waals surface area contributed by atoms with Gasteiger partial charge in [-0.25, -0.2) is 0 Å². The highest BCUT2D eigenvalue weighted by Crippen LogP contribution is 2.58. The van der Waals surface area contributed by atoms with Gasteiger partial charge in [0.25, 0.3) is 0 Å². The van der Waals surface area contributed by atoms with Crippen LogP contribution in [-0.4, -0.2) is 10.9 Å². The Labute approximate surface area is 124 Å². The summed E-state index contributed by atoms with van der Waals surface area (Å²) in [4.78, 5) is 0.376. The van der Waals surface area contributed by atoms with E-state index in [1.165, 1.54) is 12.1 Å². The number of halogens is 4.